The van der Waals surface area contributed by atoms with Gasteiger partial charge in [-0.1, -0.05) is 73.4 Å². The summed E-state index contributed by atoms with van der Waals surface area (Å²) in [5.74, 6) is -0.676. The Morgan fingerprint density at radius 2 is 1.47 bits per heavy atom. The third-order valence-electron chi connectivity index (χ3n) is 17.6. The monoisotopic (exact) mass is 818 g/mol. The predicted octanol–water partition coefficient (Wildman–Crippen LogP) is 9.81. The van der Waals surface area contributed by atoms with Gasteiger partial charge in [0.1, 0.15) is 11.5 Å². The Kier molecular flexibility index (Phi) is 11.4. The minimum atomic E-state index is -1.20. The number of hydrogen-bond donors (Lipinski definition) is 3. The number of carboxylic acids is 1. The number of halogens is 1. The molecule has 0 heterocycles. The van der Waals surface area contributed by atoms with Gasteiger partial charge in [-0.05, 0) is 158 Å². The molecule has 12 atom stereocenters. The summed E-state index contributed by atoms with van der Waals surface area (Å²) in [7, 11) is 0. The second-order valence-corrected chi connectivity index (χ2v) is 20.9. The number of nitrogens with one attached hydrogen (secondary N) is 2. The van der Waals surface area contributed by atoms with Crippen molar-refractivity contribution < 1.29 is 33.8 Å². The van der Waals surface area contributed by atoms with Crippen LogP contribution < -0.4 is 10.6 Å². The van der Waals surface area contributed by atoms with Gasteiger partial charge in [-0.2, -0.15) is 0 Å². The van der Waals surface area contributed by atoms with Gasteiger partial charge in [-0.15, -0.1) is 0 Å². The summed E-state index contributed by atoms with van der Waals surface area (Å²) < 4.78 is 6.24. The fourth-order valence-corrected chi connectivity index (χ4v) is 14.6. The molecule has 8 rings (SSSR count). The van der Waals surface area contributed by atoms with E-state index in [1.807, 2.05) is 6.92 Å². The highest BCUT2D eigenvalue weighted by Crippen LogP contribution is 2.71. The van der Waals surface area contributed by atoms with Crippen molar-refractivity contribution in [2.24, 2.45) is 69.5 Å². The van der Waals surface area contributed by atoms with E-state index in [-0.39, 0.29) is 83.9 Å². The molecule has 7 aliphatic carbocycles. The van der Waals surface area contributed by atoms with Crippen molar-refractivity contribution in [3.63, 3.8) is 0 Å². The van der Waals surface area contributed by atoms with E-state index in [0.29, 0.717) is 54.1 Å². The number of anilines is 1. The van der Waals surface area contributed by atoms with E-state index in [0.717, 1.165) is 63.4 Å². The SMILES string of the molecule is C.CC(C)C1=C2C3CCC4C(C)(CCC5C(C)C(OC(=O)C6CC(C(=O)O)C6C)CCC54C)C3CCC2(NC(=O)C2(C(=O)Nc3ccc(Cl)cc3)CCCC2)CC1=O. The summed E-state index contributed by atoms with van der Waals surface area (Å²) in [5.41, 5.74) is 0.873. The quantitative estimate of drug-likeness (QED) is 0.175. The molecule has 2 amide bonds. The van der Waals surface area contributed by atoms with Gasteiger partial charge in [0.15, 0.2) is 5.78 Å². The molecule has 58 heavy (non-hydrogen) atoms. The van der Waals surface area contributed by atoms with Crippen LogP contribution in [0.1, 0.15) is 139 Å². The lowest BCUT2D eigenvalue weighted by molar-refractivity contribution is -0.196. The van der Waals surface area contributed by atoms with Gasteiger partial charge in [-0.3, -0.25) is 24.0 Å². The number of ether oxygens (including phenoxy) is 1. The molecule has 12 unspecified atom stereocenters. The summed E-state index contributed by atoms with van der Waals surface area (Å²) in [6, 6.07) is 6.97. The zero-order valence-electron chi connectivity index (χ0n) is 34.8. The van der Waals surface area contributed by atoms with Gasteiger partial charge in [0.05, 0.1) is 17.4 Å². The summed E-state index contributed by atoms with van der Waals surface area (Å²) in [6.45, 7) is 13.4. The number of Topliss-reactive ketones (excluding diaryl/α,β-unsaturated/α-hetero) is 1. The number of amides is 2. The number of allylic oxidation sites excluding steroid dienone is 1. The number of fused-ring (bicyclic) bond motifs is 7. The van der Waals surface area contributed by atoms with Crippen LogP contribution in [0.4, 0.5) is 5.69 Å². The first-order valence-electron chi connectivity index (χ1n) is 22.1. The lowest BCUT2D eigenvalue weighted by atomic mass is 9.38. The fraction of sp³-hybridized carbons (Fsp3) is 0.729. The van der Waals surface area contributed by atoms with Crippen molar-refractivity contribution in [3.05, 3.63) is 40.4 Å². The topological polar surface area (TPSA) is 139 Å². The Morgan fingerprint density at radius 1 is 0.828 bits per heavy atom. The molecule has 1 aromatic rings. The predicted molar refractivity (Wildman–Crippen MR) is 225 cm³/mol. The number of carbonyl (C=O) groups is 5. The van der Waals surface area contributed by atoms with E-state index in [1.165, 1.54) is 5.57 Å². The number of hydrogen-bond acceptors (Lipinski definition) is 6. The Balaban J connectivity index is 0.00000512. The van der Waals surface area contributed by atoms with E-state index >= 15 is 0 Å². The molecule has 6 saturated carbocycles. The molecule has 7 aliphatic rings. The molecule has 6 fully saturated rings. The standard InChI is InChI=1S/C47H63ClN2O7.CH4/c1-25(2)38-35(51)24-47(50-43(56)46(18-7-8-19-46)42(55)49-29-11-9-28(48)10-12-29)22-16-34-30(39(38)47)13-14-37-44(5)21-17-36(27(4)33(44)15-20-45(34,37)6)57-41(54)32-23-31(26(32)3)40(52)53;/h9-12,25-27,30-34,36-37H,7-8,13-24H2,1-6H3,(H,49,55)(H,50,56)(H,52,53);1H4. The summed E-state index contributed by atoms with van der Waals surface area (Å²) in [4.78, 5) is 67.8. The second-order valence-electron chi connectivity index (χ2n) is 20.4. The van der Waals surface area contributed by atoms with Crippen LogP contribution in [0.5, 0.6) is 0 Å². The van der Waals surface area contributed by atoms with Crippen LogP contribution in [0.15, 0.2) is 35.4 Å². The Morgan fingerprint density at radius 3 is 2.10 bits per heavy atom. The van der Waals surface area contributed by atoms with Crippen LogP contribution >= 0.6 is 11.6 Å². The van der Waals surface area contributed by atoms with E-state index in [4.69, 9.17) is 16.3 Å². The fourth-order valence-electron chi connectivity index (χ4n) is 14.5. The van der Waals surface area contributed by atoms with Gasteiger partial charge in [0.25, 0.3) is 0 Å². The zero-order chi connectivity index (χ0) is 40.8. The zero-order valence-corrected chi connectivity index (χ0v) is 35.5. The Hall–Kier alpha value is -3.20. The molecule has 3 N–H and O–H groups in total. The third-order valence-corrected chi connectivity index (χ3v) is 17.8. The summed E-state index contributed by atoms with van der Waals surface area (Å²) in [5, 5.41) is 16.6. The van der Waals surface area contributed by atoms with Crippen LogP contribution in [-0.4, -0.2) is 46.3 Å². The average molecular weight is 820 g/mol. The number of carboxylic acid groups (broad SMARTS) is 1. The molecule has 0 radical (unpaired) electrons. The molecule has 9 nitrogen and oxygen atoms in total. The van der Waals surface area contributed by atoms with Gasteiger partial charge < -0.3 is 20.5 Å². The van der Waals surface area contributed by atoms with Crippen molar-refractivity contribution in [1.82, 2.24) is 5.32 Å². The Bertz CT molecular complexity index is 1870. The van der Waals surface area contributed by atoms with Gasteiger partial charge in [0.2, 0.25) is 11.8 Å². The van der Waals surface area contributed by atoms with Crippen molar-refractivity contribution >= 4 is 46.8 Å². The van der Waals surface area contributed by atoms with Crippen LogP contribution in [0, 0.1) is 69.5 Å². The molecular formula is C48H67ClN2O7. The summed E-state index contributed by atoms with van der Waals surface area (Å²) >= 11 is 6.11. The minimum absolute atomic E-state index is 0. The normalized spacial score (nSPS) is 39.9. The van der Waals surface area contributed by atoms with Crippen molar-refractivity contribution in [2.45, 2.75) is 151 Å². The molecule has 0 bridgehead atoms. The van der Waals surface area contributed by atoms with Crippen molar-refractivity contribution in [3.8, 4) is 0 Å². The molecule has 0 aromatic heterocycles. The average Bonchev–Trinajstić information content (AvgIpc) is 3.76. The van der Waals surface area contributed by atoms with Crippen molar-refractivity contribution in [1.29, 1.82) is 0 Å². The molecule has 0 saturated heterocycles. The first kappa shape index (κ1) is 42.9. The summed E-state index contributed by atoms with van der Waals surface area (Å²) in [6.07, 6.45) is 10.7. The number of benzene rings is 1. The van der Waals surface area contributed by atoms with Crippen LogP contribution in [0.2, 0.25) is 5.02 Å². The maximum absolute atomic E-state index is 14.7. The highest BCUT2D eigenvalue weighted by Gasteiger charge is 2.66. The Labute approximate surface area is 350 Å². The molecule has 318 valence electrons. The second kappa shape index (κ2) is 15.4. The smallest absolute Gasteiger partial charge is 0.309 e. The first-order valence-corrected chi connectivity index (χ1v) is 22.4. The largest absolute Gasteiger partial charge is 0.481 e. The van der Waals surface area contributed by atoms with E-state index in [1.54, 1.807) is 24.3 Å². The number of rotatable bonds is 8. The molecule has 0 spiro atoms. The minimum Gasteiger partial charge on any atom is -0.481 e. The van der Waals surface area contributed by atoms with E-state index in [9.17, 15) is 29.1 Å². The first-order chi connectivity index (χ1) is 27.0. The number of ketones is 1. The number of aliphatic carboxylic acids is 1. The number of carbonyl (C=O) groups excluding carboxylic acids is 4. The van der Waals surface area contributed by atoms with E-state index < -0.39 is 22.8 Å². The molecule has 1 aromatic carbocycles. The maximum atomic E-state index is 14.7. The third kappa shape index (κ3) is 6.57. The van der Waals surface area contributed by atoms with Crippen LogP contribution in [0.3, 0.4) is 0 Å². The van der Waals surface area contributed by atoms with Crippen molar-refractivity contribution in [2.75, 3.05) is 5.32 Å². The van der Waals surface area contributed by atoms with Gasteiger partial charge >= 0.3 is 11.9 Å². The van der Waals surface area contributed by atoms with Gasteiger partial charge in [-0.25, -0.2) is 0 Å². The van der Waals surface area contributed by atoms with Crippen LogP contribution in [0.25, 0.3) is 0 Å². The van der Waals surface area contributed by atoms with Crippen LogP contribution in [-0.2, 0) is 28.7 Å². The lowest BCUT2D eigenvalue weighted by Crippen LogP contribution is -2.63. The maximum Gasteiger partial charge on any atom is 0.309 e. The lowest BCUT2D eigenvalue weighted by Gasteiger charge is -2.67. The van der Waals surface area contributed by atoms with Gasteiger partial charge in [0, 0.05) is 17.1 Å². The number of esters is 1. The molecular weight excluding hydrogens is 752 g/mol. The highest BCUT2D eigenvalue weighted by molar-refractivity contribution is 6.30. The molecule has 10 heteroatoms. The van der Waals surface area contributed by atoms with E-state index in [2.05, 4.69) is 45.3 Å². The highest BCUT2D eigenvalue weighted by atomic mass is 35.5. The molecule has 0 aliphatic heterocycles.